The fraction of sp³-hybridized carbons (Fsp3) is 0.429. The van der Waals surface area contributed by atoms with Crippen LogP contribution in [0.3, 0.4) is 0 Å². The quantitative estimate of drug-likeness (QED) is 0.835. The van der Waals surface area contributed by atoms with Gasteiger partial charge in [0.15, 0.2) is 0 Å². The van der Waals surface area contributed by atoms with E-state index in [0.29, 0.717) is 17.9 Å². The second kappa shape index (κ2) is 4.12. The lowest BCUT2D eigenvalue weighted by molar-refractivity contribution is 0.338. The molecular weight excluding hydrogens is 224 g/mol. The van der Waals surface area contributed by atoms with Gasteiger partial charge in [0.2, 0.25) is 5.95 Å². The molecule has 4 nitrogen and oxygen atoms in total. The Hall–Kier alpha value is -1.84. The topological polar surface area (TPSA) is 56.7 Å². The minimum Gasteiger partial charge on any atom is -0.366 e. The Morgan fingerprint density at radius 1 is 1.33 bits per heavy atom. The van der Waals surface area contributed by atoms with Crippen LogP contribution in [0, 0.1) is 6.92 Å². The summed E-state index contributed by atoms with van der Waals surface area (Å²) in [5.41, 5.74) is 8.47. The molecule has 0 amide bonds. The van der Waals surface area contributed by atoms with Crippen molar-refractivity contribution in [2.24, 2.45) is 0 Å². The van der Waals surface area contributed by atoms with Gasteiger partial charge in [-0.05, 0) is 31.4 Å². The Kier molecular flexibility index (Phi) is 2.58. The van der Waals surface area contributed by atoms with Gasteiger partial charge in [-0.25, -0.2) is 4.68 Å². The van der Waals surface area contributed by atoms with Crippen molar-refractivity contribution in [3.05, 3.63) is 41.2 Å². The van der Waals surface area contributed by atoms with Crippen molar-refractivity contribution in [3.63, 3.8) is 0 Å². The number of nitrogens with two attached hydrogens (primary N) is 1. The Labute approximate surface area is 107 Å². The molecule has 4 heteroatoms. The van der Waals surface area contributed by atoms with Crippen molar-refractivity contribution in [1.29, 1.82) is 0 Å². The van der Waals surface area contributed by atoms with Crippen LogP contribution >= 0.6 is 0 Å². The average Bonchev–Trinajstić information content (AvgIpc) is 2.73. The molecule has 2 unspecified atom stereocenters. The molecule has 2 N–H and O–H groups in total. The fourth-order valence-electron chi connectivity index (χ4n) is 2.98. The first kappa shape index (κ1) is 11.3. The van der Waals surface area contributed by atoms with E-state index >= 15 is 0 Å². The molecule has 1 aromatic carbocycles. The summed E-state index contributed by atoms with van der Waals surface area (Å²) in [6.07, 6.45) is 2.07. The van der Waals surface area contributed by atoms with Gasteiger partial charge in [0.1, 0.15) is 5.82 Å². The zero-order valence-electron chi connectivity index (χ0n) is 10.8. The smallest absolute Gasteiger partial charge is 0.239 e. The zero-order valence-corrected chi connectivity index (χ0v) is 10.8. The Morgan fingerprint density at radius 2 is 2.11 bits per heavy atom. The van der Waals surface area contributed by atoms with E-state index in [1.165, 1.54) is 11.1 Å². The normalized spacial score (nSPS) is 22.8. The largest absolute Gasteiger partial charge is 0.366 e. The number of aromatic nitrogens is 3. The molecule has 18 heavy (non-hydrogen) atoms. The Balaban J connectivity index is 2.00. The molecular formula is C14H18N4. The van der Waals surface area contributed by atoms with E-state index < -0.39 is 0 Å². The van der Waals surface area contributed by atoms with Gasteiger partial charge in [0.25, 0.3) is 0 Å². The van der Waals surface area contributed by atoms with Crippen LogP contribution in [0.2, 0.25) is 0 Å². The van der Waals surface area contributed by atoms with Gasteiger partial charge in [0.05, 0.1) is 6.04 Å². The SMILES string of the molecule is Cc1ccccc1C1CCc2nc(N)nn2C1C. The summed E-state index contributed by atoms with van der Waals surface area (Å²) in [5, 5.41) is 4.32. The molecule has 2 heterocycles. The van der Waals surface area contributed by atoms with E-state index in [1.807, 2.05) is 4.68 Å². The fourth-order valence-corrected chi connectivity index (χ4v) is 2.98. The molecule has 0 fully saturated rings. The third-order valence-electron chi connectivity index (χ3n) is 3.95. The van der Waals surface area contributed by atoms with Crippen LogP contribution in [-0.2, 0) is 6.42 Å². The van der Waals surface area contributed by atoms with Crippen molar-refractivity contribution in [2.45, 2.75) is 38.6 Å². The second-order valence-electron chi connectivity index (χ2n) is 5.07. The van der Waals surface area contributed by atoms with E-state index in [9.17, 15) is 0 Å². The maximum Gasteiger partial charge on any atom is 0.239 e. The van der Waals surface area contributed by atoms with Crippen LogP contribution in [0.4, 0.5) is 5.95 Å². The number of hydrogen-bond donors (Lipinski definition) is 1. The average molecular weight is 242 g/mol. The number of hydrogen-bond acceptors (Lipinski definition) is 3. The second-order valence-corrected chi connectivity index (χ2v) is 5.07. The highest BCUT2D eigenvalue weighted by Crippen LogP contribution is 2.38. The van der Waals surface area contributed by atoms with Crippen LogP contribution in [0.15, 0.2) is 24.3 Å². The van der Waals surface area contributed by atoms with E-state index in [1.54, 1.807) is 0 Å². The number of rotatable bonds is 1. The van der Waals surface area contributed by atoms with Gasteiger partial charge in [-0.15, -0.1) is 5.10 Å². The van der Waals surface area contributed by atoms with Crippen molar-refractivity contribution in [1.82, 2.24) is 14.8 Å². The van der Waals surface area contributed by atoms with E-state index in [-0.39, 0.29) is 0 Å². The van der Waals surface area contributed by atoms with Crippen molar-refractivity contribution in [3.8, 4) is 0 Å². The molecule has 0 spiro atoms. The number of nitrogen functional groups attached to an aromatic ring is 1. The monoisotopic (exact) mass is 242 g/mol. The molecule has 0 aliphatic carbocycles. The highest BCUT2D eigenvalue weighted by Gasteiger charge is 2.29. The molecule has 1 aliphatic rings. The predicted molar refractivity (Wildman–Crippen MR) is 71.4 cm³/mol. The lowest BCUT2D eigenvalue weighted by Gasteiger charge is -2.30. The van der Waals surface area contributed by atoms with Gasteiger partial charge < -0.3 is 5.73 Å². The molecule has 0 saturated heterocycles. The number of anilines is 1. The summed E-state index contributed by atoms with van der Waals surface area (Å²) in [7, 11) is 0. The summed E-state index contributed by atoms with van der Waals surface area (Å²) in [6, 6.07) is 8.92. The number of benzene rings is 1. The summed E-state index contributed by atoms with van der Waals surface area (Å²) >= 11 is 0. The van der Waals surface area contributed by atoms with E-state index in [0.717, 1.165) is 18.7 Å². The maximum atomic E-state index is 5.69. The Morgan fingerprint density at radius 3 is 2.89 bits per heavy atom. The molecule has 0 saturated carbocycles. The summed E-state index contributed by atoms with van der Waals surface area (Å²) in [4.78, 5) is 4.28. The molecule has 94 valence electrons. The number of aryl methyl sites for hydroxylation is 2. The molecule has 1 aliphatic heterocycles. The maximum absolute atomic E-state index is 5.69. The minimum atomic E-state index is 0.319. The summed E-state index contributed by atoms with van der Waals surface area (Å²) in [6.45, 7) is 4.38. The molecule has 0 bridgehead atoms. The van der Waals surface area contributed by atoms with Gasteiger partial charge in [-0.2, -0.15) is 4.98 Å². The highest BCUT2D eigenvalue weighted by molar-refractivity contribution is 5.31. The standard InChI is InChI=1S/C14H18N4/c1-9-5-3-4-6-11(9)12-7-8-13-16-14(15)17-18(13)10(12)2/h3-6,10,12H,7-8H2,1-2H3,(H2,15,17). The first-order valence-electron chi connectivity index (χ1n) is 6.43. The van der Waals surface area contributed by atoms with Gasteiger partial charge in [-0.1, -0.05) is 24.3 Å². The van der Waals surface area contributed by atoms with Gasteiger partial charge in [0, 0.05) is 12.3 Å². The molecule has 0 radical (unpaired) electrons. The van der Waals surface area contributed by atoms with Crippen LogP contribution in [-0.4, -0.2) is 14.8 Å². The van der Waals surface area contributed by atoms with Gasteiger partial charge >= 0.3 is 0 Å². The highest BCUT2D eigenvalue weighted by atomic mass is 15.4. The summed E-state index contributed by atoms with van der Waals surface area (Å²) in [5.74, 6) is 1.91. The lowest BCUT2D eigenvalue weighted by Crippen LogP contribution is -2.25. The lowest BCUT2D eigenvalue weighted by atomic mass is 9.84. The van der Waals surface area contributed by atoms with Crippen LogP contribution in [0.1, 0.15) is 42.3 Å². The first-order valence-corrected chi connectivity index (χ1v) is 6.43. The van der Waals surface area contributed by atoms with E-state index in [2.05, 4.69) is 48.2 Å². The summed E-state index contributed by atoms with van der Waals surface area (Å²) < 4.78 is 2.00. The van der Waals surface area contributed by atoms with Crippen LogP contribution in [0.25, 0.3) is 0 Å². The predicted octanol–water partition coefficient (Wildman–Crippen LogP) is 2.46. The molecule has 3 rings (SSSR count). The van der Waals surface area contributed by atoms with Crippen molar-refractivity contribution in [2.75, 3.05) is 5.73 Å². The molecule has 2 atom stereocenters. The number of fused-ring (bicyclic) bond motifs is 1. The van der Waals surface area contributed by atoms with Crippen LogP contribution < -0.4 is 5.73 Å². The first-order chi connectivity index (χ1) is 8.66. The number of nitrogens with zero attached hydrogens (tertiary/aromatic N) is 3. The molecule has 1 aromatic heterocycles. The molecule has 2 aromatic rings. The Bertz CT molecular complexity index is 573. The van der Waals surface area contributed by atoms with Crippen LogP contribution in [0.5, 0.6) is 0 Å². The zero-order chi connectivity index (χ0) is 12.7. The van der Waals surface area contributed by atoms with Crippen molar-refractivity contribution < 1.29 is 0 Å². The van der Waals surface area contributed by atoms with Crippen molar-refractivity contribution >= 4 is 5.95 Å². The third kappa shape index (κ3) is 1.68. The van der Waals surface area contributed by atoms with E-state index in [4.69, 9.17) is 5.73 Å². The van der Waals surface area contributed by atoms with Gasteiger partial charge in [-0.3, -0.25) is 0 Å². The minimum absolute atomic E-state index is 0.319. The third-order valence-corrected chi connectivity index (χ3v) is 3.95.